The Kier molecular flexibility index (Phi) is 5.32. The van der Waals surface area contributed by atoms with E-state index in [-0.39, 0.29) is 6.67 Å². The van der Waals surface area contributed by atoms with E-state index in [1.54, 1.807) is 0 Å². The van der Waals surface area contributed by atoms with E-state index in [1.807, 2.05) is 0 Å². The summed E-state index contributed by atoms with van der Waals surface area (Å²) in [6.07, 6.45) is 3.06. The van der Waals surface area contributed by atoms with E-state index >= 15 is 0 Å². The Morgan fingerprint density at radius 3 is 3.08 bits per heavy atom. The van der Waals surface area contributed by atoms with Crippen LogP contribution < -0.4 is 5.32 Å². The fourth-order valence-corrected chi connectivity index (χ4v) is 1.84. The Labute approximate surface area is 80.5 Å². The van der Waals surface area contributed by atoms with Crippen molar-refractivity contribution < 1.29 is 4.39 Å². The van der Waals surface area contributed by atoms with Crippen molar-refractivity contribution in [3.05, 3.63) is 0 Å². The van der Waals surface area contributed by atoms with Crippen molar-refractivity contribution in [2.75, 3.05) is 32.9 Å². The van der Waals surface area contributed by atoms with Gasteiger partial charge in [-0.1, -0.05) is 6.92 Å². The molecule has 78 valence electrons. The van der Waals surface area contributed by atoms with E-state index in [4.69, 9.17) is 0 Å². The summed E-state index contributed by atoms with van der Waals surface area (Å²) in [6.45, 7) is 6.29. The van der Waals surface area contributed by atoms with Crippen molar-refractivity contribution in [3.8, 4) is 0 Å². The SMILES string of the molecule is CCC1CN(CCCF)CCCN1. The summed E-state index contributed by atoms with van der Waals surface area (Å²) in [5.74, 6) is 0. The molecule has 1 fully saturated rings. The van der Waals surface area contributed by atoms with E-state index in [2.05, 4.69) is 17.1 Å². The number of hydrogen-bond acceptors (Lipinski definition) is 2. The van der Waals surface area contributed by atoms with Crippen LogP contribution in [0.3, 0.4) is 0 Å². The lowest BCUT2D eigenvalue weighted by Crippen LogP contribution is -2.37. The molecule has 3 heteroatoms. The molecule has 0 bridgehead atoms. The molecule has 1 unspecified atom stereocenters. The monoisotopic (exact) mass is 188 g/mol. The lowest BCUT2D eigenvalue weighted by molar-refractivity contribution is 0.252. The fraction of sp³-hybridized carbons (Fsp3) is 1.00. The summed E-state index contributed by atoms with van der Waals surface area (Å²) < 4.78 is 12.0. The first-order valence-electron chi connectivity index (χ1n) is 5.38. The predicted octanol–water partition coefficient (Wildman–Crippen LogP) is 1.42. The minimum absolute atomic E-state index is 0.180. The third-order valence-electron chi connectivity index (χ3n) is 2.66. The number of nitrogens with zero attached hydrogens (tertiary/aromatic N) is 1. The summed E-state index contributed by atoms with van der Waals surface area (Å²) in [7, 11) is 0. The third kappa shape index (κ3) is 4.05. The van der Waals surface area contributed by atoms with Crippen LogP contribution in [0.4, 0.5) is 4.39 Å². The van der Waals surface area contributed by atoms with Gasteiger partial charge in [0.25, 0.3) is 0 Å². The lowest BCUT2D eigenvalue weighted by atomic mass is 10.2. The highest BCUT2D eigenvalue weighted by molar-refractivity contribution is 4.75. The molecule has 1 saturated heterocycles. The van der Waals surface area contributed by atoms with Crippen LogP contribution in [-0.2, 0) is 0 Å². The van der Waals surface area contributed by atoms with Crippen LogP contribution in [-0.4, -0.2) is 43.8 Å². The smallest absolute Gasteiger partial charge is 0.0906 e. The van der Waals surface area contributed by atoms with Crippen LogP contribution in [0.2, 0.25) is 0 Å². The molecular formula is C10H21FN2. The molecule has 1 heterocycles. The Hall–Kier alpha value is -0.150. The average molecular weight is 188 g/mol. The molecule has 0 amide bonds. The van der Waals surface area contributed by atoms with Crippen molar-refractivity contribution in [2.24, 2.45) is 0 Å². The Morgan fingerprint density at radius 2 is 2.38 bits per heavy atom. The van der Waals surface area contributed by atoms with Crippen LogP contribution in [0, 0.1) is 0 Å². The lowest BCUT2D eigenvalue weighted by Gasteiger charge is -2.22. The molecule has 0 aromatic heterocycles. The van der Waals surface area contributed by atoms with Gasteiger partial charge in [-0.25, -0.2) is 0 Å². The van der Waals surface area contributed by atoms with Crippen molar-refractivity contribution >= 4 is 0 Å². The van der Waals surface area contributed by atoms with Crippen molar-refractivity contribution in [1.82, 2.24) is 10.2 Å². The molecule has 1 aliphatic heterocycles. The molecule has 1 rings (SSSR count). The summed E-state index contributed by atoms with van der Waals surface area (Å²) >= 11 is 0. The summed E-state index contributed by atoms with van der Waals surface area (Å²) in [5.41, 5.74) is 0. The number of alkyl halides is 1. The van der Waals surface area contributed by atoms with Crippen molar-refractivity contribution in [2.45, 2.75) is 32.2 Å². The first kappa shape index (κ1) is 10.9. The molecule has 0 aliphatic carbocycles. The van der Waals surface area contributed by atoms with Gasteiger partial charge in [-0.2, -0.15) is 0 Å². The molecule has 13 heavy (non-hydrogen) atoms. The molecule has 0 spiro atoms. The second-order valence-corrected chi connectivity index (χ2v) is 3.76. The van der Waals surface area contributed by atoms with E-state index in [0.717, 1.165) is 26.2 Å². The standard InChI is InChI=1S/C10H21FN2/c1-2-10-9-13(7-3-5-11)8-4-6-12-10/h10,12H,2-9H2,1H3. The van der Waals surface area contributed by atoms with Gasteiger partial charge in [0, 0.05) is 19.1 Å². The van der Waals surface area contributed by atoms with Gasteiger partial charge in [-0.15, -0.1) is 0 Å². The highest BCUT2D eigenvalue weighted by Gasteiger charge is 2.14. The Balaban J connectivity index is 2.26. The molecule has 0 aromatic carbocycles. The van der Waals surface area contributed by atoms with Crippen LogP contribution in [0.5, 0.6) is 0 Å². The quantitative estimate of drug-likeness (QED) is 0.718. The molecule has 0 aromatic rings. The molecule has 1 aliphatic rings. The van der Waals surface area contributed by atoms with E-state index < -0.39 is 0 Å². The highest BCUT2D eigenvalue weighted by Crippen LogP contribution is 2.04. The van der Waals surface area contributed by atoms with Crippen molar-refractivity contribution in [1.29, 1.82) is 0 Å². The summed E-state index contributed by atoms with van der Waals surface area (Å²) in [5, 5.41) is 3.50. The maximum atomic E-state index is 12.0. The maximum absolute atomic E-state index is 12.0. The zero-order chi connectivity index (χ0) is 9.52. The molecule has 2 nitrogen and oxygen atoms in total. The van der Waals surface area contributed by atoms with Crippen LogP contribution in [0.25, 0.3) is 0 Å². The van der Waals surface area contributed by atoms with Gasteiger partial charge in [-0.3, -0.25) is 4.39 Å². The summed E-state index contributed by atoms with van der Waals surface area (Å²) in [4.78, 5) is 2.38. The fourth-order valence-electron chi connectivity index (χ4n) is 1.84. The van der Waals surface area contributed by atoms with Gasteiger partial charge in [0.05, 0.1) is 6.67 Å². The minimum Gasteiger partial charge on any atom is -0.313 e. The predicted molar refractivity (Wildman–Crippen MR) is 53.7 cm³/mol. The van der Waals surface area contributed by atoms with Gasteiger partial charge >= 0.3 is 0 Å². The molecular weight excluding hydrogens is 167 g/mol. The van der Waals surface area contributed by atoms with Gasteiger partial charge in [0.2, 0.25) is 0 Å². The largest absolute Gasteiger partial charge is 0.313 e. The van der Waals surface area contributed by atoms with Gasteiger partial charge < -0.3 is 10.2 Å². The Morgan fingerprint density at radius 1 is 1.54 bits per heavy atom. The highest BCUT2D eigenvalue weighted by atomic mass is 19.1. The second-order valence-electron chi connectivity index (χ2n) is 3.76. The molecule has 0 radical (unpaired) electrons. The van der Waals surface area contributed by atoms with Gasteiger partial charge in [0.1, 0.15) is 0 Å². The van der Waals surface area contributed by atoms with E-state index in [9.17, 15) is 4.39 Å². The topological polar surface area (TPSA) is 15.3 Å². The first-order chi connectivity index (χ1) is 6.36. The molecule has 1 atom stereocenters. The summed E-state index contributed by atoms with van der Waals surface area (Å²) in [6, 6.07) is 0.613. The van der Waals surface area contributed by atoms with Crippen molar-refractivity contribution in [3.63, 3.8) is 0 Å². The maximum Gasteiger partial charge on any atom is 0.0906 e. The second kappa shape index (κ2) is 6.33. The van der Waals surface area contributed by atoms with E-state index in [0.29, 0.717) is 12.5 Å². The third-order valence-corrected chi connectivity index (χ3v) is 2.66. The van der Waals surface area contributed by atoms with Gasteiger partial charge in [-0.05, 0) is 32.4 Å². The number of halogens is 1. The molecule has 1 N–H and O–H groups in total. The van der Waals surface area contributed by atoms with E-state index in [1.165, 1.54) is 12.8 Å². The van der Waals surface area contributed by atoms with Crippen LogP contribution in [0.15, 0.2) is 0 Å². The Bertz CT molecular complexity index is 130. The normalized spacial score (nSPS) is 25.8. The minimum atomic E-state index is -0.180. The average Bonchev–Trinajstić information content (AvgIpc) is 2.39. The van der Waals surface area contributed by atoms with Crippen LogP contribution >= 0.6 is 0 Å². The zero-order valence-corrected chi connectivity index (χ0v) is 8.56. The van der Waals surface area contributed by atoms with Crippen LogP contribution in [0.1, 0.15) is 26.2 Å². The number of rotatable bonds is 4. The number of nitrogens with one attached hydrogen (secondary N) is 1. The first-order valence-corrected chi connectivity index (χ1v) is 5.38. The zero-order valence-electron chi connectivity index (χ0n) is 8.56. The van der Waals surface area contributed by atoms with Gasteiger partial charge in [0.15, 0.2) is 0 Å². The number of hydrogen-bond donors (Lipinski definition) is 1. The molecule has 0 saturated carbocycles.